The smallest absolute Gasteiger partial charge is 0.340 e. The van der Waals surface area contributed by atoms with Crippen molar-refractivity contribution >= 4 is 45.3 Å². The van der Waals surface area contributed by atoms with Crippen LogP contribution in [0.5, 0.6) is 0 Å². The molecule has 2 aromatic heterocycles. The molecule has 2 aromatic carbocycles. The number of para-hydroxylation sites is 2. The fraction of sp³-hybridized carbons (Fsp3) is 0.217. The van der Waals surface area contributed by atoms with Crippen LogP contribution >= 0.6 is 11.6 Å². The van der Waals surface area contributed by atoms with Gasteiger partial charge in [0, 0.05) is 22.1 Å². The molecule has 6 nitrogen and oxygen atoms in total. The molecular weight excluding hydrogens is 404 g/mol. The van der Waals surface area contributed by atoms with E-state index in [4.69, 9.17) is 21.1 Å². The lowest BCUT2D eigenvalue weighted by molar-refractivity contribution is -0.147. The van der Waals surface area contributed by atoms with Crippen molar-refractivity contribution in [2.24, 2.45) is 0 Å². The summed E-state index contributed by atoms with van der Waals surface area (Å²) in [5.74, 6) is -1.06. The van der Waals surface area contributed by atoms with Gasteiger partial charge in [-0.25, -0.2) is 4.79 Å². The molecule has 2 N–H and O–H groups in total. The van der Waals surface area contributed by atoms with Crippen molar-refractivity contribution in [3.8, 4) is 0 Å². The number of aromatic amines is 2. The van der Waals surface area contributed by atoms with Gasteiger partial charge in [-0.05, 0) is 30.5 Å². The Morgan fingerprint density at radius 2 is 1.63 bits per heavy atom. The Kier molecular flexibility index (Phi) is 5.03. The summed E-state index contributed by atoms with van der Waals surface area (Å²) in [4.78, 5) is 32.2. The van der Waals surface area contributed by atoms with Gasteiger partial charge in [0.05, 0.1) is 30.9 Å². The molecule has 154 valence electrons. The maximum atomic E-state index is 13.0. The topological polar surface area (TPSA) is 84.2 Å². The summed E-state index contributed by atoms with van der Waals surface area (Å²) in [5.41, 5.74) is 1.58. The lowest BCUT2D eigenvalue weighted by atomic mass is 9.80. The Bertz CT molecular complexity index is 1230. The van der Waals surface area contributed by atoms with Gasteiger partial charge < -0.3 is 19.4 Å². The zero-order chi connectivity index (χ0) is 21.5. The summed E-state index contributed by atoms with van der Waals surface area (Å²) < 4.78 is 10.1. The monoisotopic (exact) mass is 424 g/mol. The molecule has 0 spiro atoms. The first-order valence-electron chi connectivity index (χ1n) is 9.41. The number of aromatic nitrogens is 2. The van der Waals surface area contributed by atoms with Crippen LogP contribution in [-0.2, 0) is 19.7 Å². The number of hydrogen-bond acceptors (Lipinski definition) is 4. The predicted octanol–water partition coefficient (Wildman–Crippen LogP) is 4.85. The molecule has 4 rings (SSSR count). The van der Waals surface area contributed by atoms with Crippen LogP contribution in [0.2, 0.25) is 0 Å². The number of halogens is 1. The largest absolute Gasteiger partial charge is 0.468 e. The SMILES string of the molecule is COC(=O)c1c(C(Cl)C(C)(C(=O)OC)c2cc3ccccc3[nH]2)[nH]c2ccccc12. The number of carbonyl (C=O) groups excluding carboxylic acids is 2. The van der Waals surface area contributed by atoms with Gasteiger partial charge in [-0.1, -0.05) is 36.4 Å². The number of H-pyrrole nitrogens is 2. The Balaban J connectivity index is 1.95. The molecule has 0 aliphatic carbocycles. The number of fused-ring (bicyclic) bond motifs is 2. The predicted molar refractivity (Wildman–Crippen MR) is 116 cm³/mol. The third kappa shape index (κ3) is 2.95. The highest BCUT2D eigenvalue weighted by Crippen LogP contribution is 2.45. The molecule has 30 heavy (non-hydrogen) atoms. The Labute approximate surface area is 178 Å². The number of hydrogen-bond donors (Lipinski definition) is 2. The summed E-state index contributed by atoms with van der Waals surface area (Å²) in [6.07, 6.45) is 0. The molecule has 0 saturated carbocycles. The molecule has 0 amide bonds. The summed E-state index contributed by atoms with van der Waals surface area (Å²) in [5, 5.41) is 0.671. The van der Waals surface area contributed by atoms with Crippen LogP contribution in [0.15, 0.2) is 54.6 Å². The maximum absolute atomic E-state index is 13.0. The number of nitrogens with one attached hydrogen (secondary N) is 2. The lowest BCUT2D eigenvalue weighted by Crippen LogP contribution is -2.39. The van der Waals surface area contributed by atoms with E-state index in [0.29, 0.717) is 22.3 Å². The third-order valence-corrected chi connectivity index (χ3v) is 6.24. The Morgan fingerprint density at radius 3 is 2.30 bits per heavy atom. The van der Waals surface area contributed by atoms with E-state index in [0.717, 1.165) is 16.4 Å². The summed E-state index contributed by atoms with van der Waals surface area (Å²) in [6, 6.07) is 16.9. The van der Waals surface area contributed by atoms with Gasteiger partial charge >= 0.3 is 11.9 Å². The lowest BCUT2D eigenvalue weighted by Gasteiger charge is -2.30. The minimum Gasteiger partial charge on any atom is -0.468 e. The van der Waals surface area contributed by atoms with E-state index in [1.54, 1.807) is 6.92 Å². The normalized spacial score (nSPS) is 14.4. The quantitative estimate of drug-likeness (QED) is 0.354. The molecule has 0 fully saturated rings. The maximum Gasteiger partial charge on any atom is 0.340 e. The van der Waals surface area contributed by atoms with Gasteiger partial charge in [-0.3, -0.25) is 4.79 Å². The number of carbonyl (C=O) groups is 2. The minimum absolute atomic E-state index is 0.305. The molecule has 4 aromatic rings. The molecule has 0 bridgehead atoms. The van der Waals surface area contributed by atoms with E-state index in [-0.39, 0.29) is 0 Å². The van der Waals surface area contributed by atoms with Crippen molar-refractivity contribution < 1.29 is 19.1 Å². The fourth-order valence-electron chi connectivity index (χ4n) is 3.88. The van der Waals surface area contributed by atoms with Crippen LogP contribution in [0.25, 0.3) is 21.8 Å². The highest BCUT2D eigenvalue weighted by Gasteiger charge is 2.47. The van der Waals surface area contributed by atoms with Crippen molar-refractivity contribution in [3.63, 3.8) is 0 Å². The molecule has 2 atom stereocenters. The van der Waals surface area contributed by atoms with Crippen molar-refractivity contribution in [2.75, 3.05) is 14.2 Å². The first kappa shape index (κ1) is 20.0. The molecule has 0 aliphatic rings. The number of alkyl halides is 1. The van der Waals surface area contributed by atoms with Crippen LogP contribution in [0, 0.1) is 0 Å². The van der Waals surface area contributed by atoms with Gasteiger partial charge in [0.1, 0.15) is 5.41 Å². The second-order valence-corrected chi connectivity index (χ2v) is 7.71. The number of esters is 2. The third-order valence-electron chi connectivity index (χ3n) is 5.58. The van der Waals surface area contributed by atoms with Crippen LogP contribution in [0.1, 0.15) is 34.0 Å². The van der Waals surface area contributed by atoms with Crippen LogP contribution < -0.4 is 0 Å². The Morgan fingerprint density at radius 1 is 0.967 bits per heavy atom. The van der Waals surface area contributed by atoms with E-state index in [2.05, 4.69) is 9.97 Å². The molecule has 0 saturated heterocycles. The number of rotatable bonds is 5. The zero-order valence-corrected chi connectivity index (χ0v) is 17.5. The second-order valence-electron chi connectivity index (χ2n) is 7.28. The van der Waals surface area contributed by atoms with E-state index < -0.39 is 22.7 Å². The van der Waals surface area contributed by atoms with Crippen LogP contribution in [0.3, 0.4) is 0 Å². The summed E-state index contributed by atoms with van der Waals surface area (Å²) >= 11 is 6.97. The first-order chi connectivity index (χ1) is 14.4. The number of ether oxygens (including phenoxy) is 2. The molecule has 0 aliphatic heterocycles. The van der Waals surface area contributed by atoms with E-state index in [1.807, 2.05) is 54.6 Å². The summed E-state index contributed by atoms with van der Waals surface area (Å²) in [6.45, 7) is 1.70. The van der Waals surface area contributed by atoms with E-state index in [9.17, 15) is 9.59 Å². The zero-order valence-electron chi connectivity index (χ0n) is 16.8. The van der Waals surface area contributed by atoms with E-state index >= 15 is 0 Å². The number of methoxy groups -OCH3 is 2. The van der Waals surface area contributed by atoms with Crippen molar-refractivity contribution in [1.29, 1.82) is 0 Å². The van der Waals surface area contributed by atoms with E-state index in [1.165, 1.54) is 14.2 Å². The van der Waals surface area contributed by atoms with Crippen LogP contribution in [0.4, 0.5) is 0 Å². The average molecular weight is 425 g/mol. The van der Waals surface area contributed by atoms with Gasteiger partial charge in [0.25, 0.3) is 0 Å². The molecule has 0 radical (unpaired) electrons. The standard InChI is InChI=1S/C23H21ClN2O4/c1-23(22(28)30-3,17-12-13-8-4-6-10-15(13)25-17)20(24)19-18(21(27)29-2)14-9-5-7-11-16(14)26-19/h4-12,20,25-26H,1-3H3. The highest BCUT2D eigenvalue weighted by molar-refractivity contribution is 6.25. The van der Waals surface area contributed by atoms with Gasteiger partial charge in [0.15, 0.2) is 0 Å². The van der Waals surface area contributed by atoms with Gasteiger partial charge in [0.2, 0.25) is 0 Å². The molecule has 2 unspecified atom stereocenters. The fourth-order valence-corrected chi connectivity index (χ4v) is 4.25. The van der Waals surface area contributed by atoms with Crippen molar-refractivity contribution in [3.05, 3.63) is 71.5 Å². The number of benzene rings is 2. The molecule has 7 heteroatoms. The molecular formula is C23H21ClN2O4. The van der Waals surface area contributed by atoms with Gasteiger partial charge in [-0.2, -0.15) is 0 Å². The van der Waals surface area contributed by atoms with Gasteiger partial charge in [-0.15, -0.1) is 11.6 Å². The Hall–Kier alpha value is -3.25. The molecule has 2 heterocycles. The first-order valence-corrected chi connectivity index (χ1v) is 9.85. The second kappa shape index (κ2) is 7.54. The minimum atomic E-state index is -1.31. The van der Waals surface area contributed by atoms with Crippen molar-refractivity contribution in [2.45, 2.75) is 17.7 Å². The highest BCUT2D eigenvalue weighted by atomic mass is 35.5. The van der Waals surface area contributed by atoms with Crippen LogP contribution in [-0.4, -0.2) is 36.1 Å². The summed E-state index contributed by atoms with van der Waals surface area (Å²) in [7, 11) is 2.63. The van der Waals surface area contributed by atoms with Crippen molar-refractivity contribution in [1.82, 2.24) is 9.97 Å². The average Bonchev–Trinajstić information content (AvgIpc) is 3.38.